The minimum Gasteiger partial charge on any atom is -0.457 e. The molecule has 1 N–H and O–H groups in total. The van der Waals surface area contributed by atoms with E-state index in [1.165, 1.54) is 5.19 Å². The smallest absolute Gasteiger partial charge is 0.407 e. The molecule has 228 valence electrons. The fraction of sp³-hybridized carbons (Fsp3) is 0.469. The minimum atomic E-state index is -1.91. The molecule has 10 nitrogen and oxygen atoms in total. The Morgan fingerprint density at radius 3 is 2.53 bits per heavy atom. The van der Waals surface area contributed by atoms with E-state index in [-0.39, 0.29) is 37.1 Å². The van der Waals surface area contributed by atoms with Crippen LogP contribution >= 0.6 is 0 Å². The van der Waals surface area contributed by atoms with E-state index in [4.69, 9.17) is 19.2 Å². The molecule has 1 aromatic carbocycles. The number of nitrogens with one attached hydrogen (secondary N) is 1. The van der Waals surface area contributed by atoms with Gasteiger partial charge in [-0.1, -0.05) is 51.2 Å². The van der Waals surface area contributed by atoms with Crippen LogP contribution in [0.5, 0.6) is 0 Å². The highest BCUT2D eigenvalue weighted by Gasteiger charge is 2.50. The van der Waals surface area contributed by atoms with Crippen LogP contribution in [0.4, 0.5) is 4.79 Å². The SMILES string of the molecule is CCC1(OC(=O)CCNC(=O)OC(C)(C)C)C(=O)OCc2c1cc1n(c2=O)Cc2c-1nc1ccccc1c2[Si](C)(C)CC. The molecule has 0 aliphatic carbocycles. The number of para-hydroxylation sites is 1. The molecule has 11 heteroatoms. The van der Waals surface area contributed by atoms with Crippen LogP contribution in [0.15, 0.2) is 35.1 Å². The van der Waals surface area contributed by atoms with Gasteiger partial charge in [0.05, 0.1) is 43.5 Å². The number of fused-ring (bicyclic) bond motifs is 5. The predicted molar refractivity (Wildman–Crippen MR) is 165 cm³/mol. The molecule has 2 aliphatic rings. The maximum Gasteiger partial charge on any atom is 0.407 e. The molecule has 43 heavy (non-hydrogen) atoms. The normalized spacial score (nSPS) is 17.5. The van der Waals surface area contributed by atoms with Crippen molar-refractivity contribution in [3.05, 3.63) is 57.4 Å². The van der Waals surface area contributed by atoms with Crippen molar-refractivity contribution < 1.29 is 28.6 Å². The number of hydrogen-bond acceptors (Lipinski definition) is 8. The van der Waals surface area contributed by atoms with E-state index in [0.717, 1.165) is 28.2 Å². The summed E-state index contributed by atoms with van der Waals surface area (Å²) in [5.74, 6) is -1.45. The lowest BCUT2D eigenvalue weighted by molar-refractivity contribution is -0.189. The quantitative estimate of drug-likeness (QED) is 0.186. The molecule has 1 atom stereocenters. The molecule has 0 fully saturated rings. The number of amides is 1. The molecule has 0 spiro atoms. The van der Waals surface area contributed by atoms with Crippen LogP contribution in [-0.2, 0) is 42.6 Å². The third-order valence-electron chi connectivity index (χ3n) is 8.41. The Bertz CT molecular complexity index is 1710. The van der Waals surface area contributed by atoms with Gasteiger partial charge in [-0.3, -0.25) is 9.59 Å². The summed E-state index contributed by atoms with van der Waals surface area (Å²) in [4.78, 5) is 57.4. The average Bonchev–Trinajstić information content (AvgIpc) is 3.30. The van der Waals surface area contributed by atoms with Gasteiger partial charge in [-0.05, 0) is 55.5 Å². The van der Waals surface area contributed by atoms with E-state index >= 15 is 0 Å². The second kappa shape index (κ2) is 10.9. The van der Waals surface area contributed by atoms with Crippen molar-refractivity contribution in [1.82, 2.24) is 14.9 Å². The van der Waals surface area contributed by atoms with Crippen LogP contribution in [-0.4, -0.2) is 47.8 Å². The van der Waals surface area contributed by atoms with Crippen molar-refractivity contribution in [3.8, 4) is 11.4 Å². The number of pyridine rings is 2. The molecule has 0 saturated carbocycles. The summed E-state index contributed by atoms with van der Waals surface area (Å²) < 4.78 is 18.2. The number of aromatic nitrogens is 2. The molecule has 0 bridgehead atoms. The van der Waals surface area contributed by atoms with Gasteiger partial charge in [0.25, 0.3) is 5.56 Å². The molecule has 3 aromatic rings. The Morgan fingerprint density at radius 1 is 1.14 bits per heavy atom. The lowest BCUT2D eigenvalue weighted by Crippen LogP contribution is -2.47. The monoisotopic (exact) mass is 605 g/mol. The van der Waals surface area contributed by atoms with Crippen LogP contribution in [0, 0.1) is 0 Å². The number of esters is 2. The van der Waals surface area contributed by atoms with Gasteiger partial charge in [-0.2, -0.15) is 0 Å². The molecule has 5 rings (SSSR count). The summed E-state index contributed by atoms with van der Waals surface area (Å²) in [5, 5.41) is 4.92. The summed E-state index contributed by atoms with van der Waals surface area (Å²) >= 11 is 0. The average molecular weight is 606 g/mol. The molecule has 2 aromatic heterocycles. The first-order valence-electron chi connectivity index (χ1n) is 14.8. The molecular formula is C32H39N3O7Si. The topological polar surface area (TPSA) is 126 Å². The zero-order chi connectivity index (χ0) is 31.3. The first kappa shape index (κ1) is 30.5. The number of carbonyl (C=O) groups is 3. The van der Waals surface area contributed by atoms with Gasteiger partial charge in [0.1, 0.15) is 12.2 Å². The highest BCUT2D eigenvalue weighted by Crippen LogP contribution is 2.41. The highest BCUT2D eigenvalue weighted by molar-refractivity contribution is 6.91. The van der Waals surface area contributed by atoms with E-state index in [0.29, 0.717) is 17.8 Å². The summed E-state index contributed by atoms with van der Waals surface area (Å²) in [6.45, 7) is 13.9. The number of nitrogens with zero attached hydrogens (tertiary/aromatic N) is 2. The second-order valence-electron chi connectivity index (χ2n) is 12.8. The standard InChI is InChI=1S/C32H39N3O7Si/c1-8-32(41-25(36)14-15-33-30(39)42-31(3,4)5)22-16-24-26-20(17-35(24)28(37)21(22)18-40-29(32)38)27(43(6,7)9-2)19-12-10-11-13-23(19)34-26/h10-13,16H,8-9,14-15,17-18H2,1-7H3,(H,33,39). The molecule has 0 saturated heterocycles. The van der Waals surface area contributed by atoms with Crippen molar-refractivity contribution in [2.75, 3.05) is 6.54 Å². The van der Waals surface area contributed by atoms with E-state index < -0.39 is 37.3 Å². The Kier molecular flexibility index (Phi) is 7.74. The Balaban J connectivity index is 1.56. The minimum absolute atomic E-state index is 0.0491. The van der Waals surface area contributed by atoms with Gasteiger partial charge in [-0.25, -0.2) is 14.6 Å². The zero-order valence-corrected chi connectivity index (χ0v) is 26.9. The maximum absolute atomic E-state index is 14.0. The van der Waals surface area contributed by atoms with Crippen molar-refractivity contribution >= 4 is 42.2 Å². The van der Waals surface area contributed by atoms with E-state index in [1.54, 1.807) is 38.3 Å². The van der Waals surface area contributed by atoms with Crippen LogP contribution in [0.3, 0.4) is 0 Å². The van der Waals surface area contributed by atoms with Gasteiger partial charge in [0, 0.05) is 12.1 Å². The lowest BCUT2D eigenvalue weighted by Gasteiger charge is -2.35. The summed E-state index contributed by atoms with van der Waals surface area (Å²) in [6.07, 6.45) is -0.806. The number of ether oxygens (including phenoxy) is 3. The second-order valence-corrected chi connectivity index (χ2v) is 17.8. The van der Waals surface area contributed by atoms with Crippen molar-refractivity contribution in [2.24, 2.45) is 0 Å². The molecule has 1 amide bonds. The summed E-state index contributed by atoms with van der Waals surface area (Å²) in [7, 11) is -1.91. The van der Waals surface area contributed by atoms with Crippen LogP contribution in [0.2, 0.25) is 19.1 Å². The summed E-state index contributed by atoms with van der Waals surface area (Å²) in [6, 6.07) is 10.9. The van der Waals surface area contributed by atoms with E-state index in [9.17, 15) is 19.2 Å². The van der Waals surface area contributed by atoms with E-state index in [2.05, 4.69) is 31.4 Å². The maximum atomic E-state index is 14.0. The zero-order valence-electron chi connectivity index (χ0n) is 25.9. The molecule has 0 radical (unpaired) electrons. The van der Waals surface area contributed by atoms with Crippen LogP contribution in [0.25, 0.3) is 22.3 Å². The van der Waals surface area contributed by atoms with Gasteiger partial charge in [0.2, 0.25) is 5.60 Å². The van der Waals surface area contributed by atoms with Gasteiger partial charge >= 0.3 is 18.0 Å². The Morgan fingerprint density at radius 2 is 1.86 bits per heavy atom. The largest absolute Gasteiger partial charge is 0.457 e. The molecule has 2 aliphatic heterocycles. The van der Waals surface area contributed by atoms with Gasteiger partial charge in [-0.15, -0.1) is 0 Å². The molecule has 1 unspecified atom stereocenters. The molecular weight excluding hydrogens is 566 g/mol. The fourth-order valence-corrected chi connectivity index (χ4v) is 8.27. The first-order chi connectivity index (χ1) is 20.2. The van der Waals surface area contributed by atoms with Crippen molar-refractivity contribution in [2.45, 2.75) is 91.0 Å². The number of alkyl carbamates (subject to hydrolysis) is 1. The number of cyclic esters (lactones) is 1. The van der Waals surface area contributed by atoms with E-state index in [1.807, 2.05) is 18.2 Å². The van der Waals surface area contributed by atoms with Crippen LogP contribution in [0.1, 0.15) is 64.2 Å². The fourth-order valence-electron chi connectivity index (χ4n) is 5.96. The summed E-state index contributed by atoms with van der Waals surface area (Å²) in [5.41, 5.74) is 1.06. The number of carbonyl (C=O) groups excluding carboxylic acids is 3. The van der Waals surface area contributed by atoms with Crippen LogP contribution < -0.4 is 16.1 Å². The number of hydrogen-bond donors (Lipinski definition) is 1. The third kappa shape index (κ3) is 5.35. The van der Waals surface area contributed by atoms with Crippen molar-refractivity contribution in [1.29, 1.82) is 0 Å². The molecule has 4 heterocycles. The predicted octanol–water partition coefficient (Wildman–Crippen LogP) is 4.48. The first-order valence-corrected chi connectivity index (χ1v) is 18.0. The Hall–Kier alpha value is -3.99. The lowest BCUT2D eigenvalue weighted by atomic mass is 9.85. The van der Waals surface area contributed by atoms with Gasteiger partial charge < -0.3 is 24.1 Å². The number of rotatable bonds is 7. The Labute approximate surface area is 251 Å². The van der Waals surface area contributed by atoms with Gasteiger partial charge in [0.15, 0.2) is 0 Å². The third-order valence-corrected chi connectivity index (χ3v) is 12.1. The highest BCUT2D eigenvalue weighted by atomic mass is 28.3. The number of benzene rings is 1. The van der Waals surface area contributed by atoms with Crippen molar-refractivity contribution in [3.63, 3.8) is 0 Å².